The molecule has 19 heavy (non-hydrogen) atoms. The minimum atomic E-state index is 0.0210. The molecule has 3 nitrogen and oxygen atoms in total. The summed E-state index contributed by atoms with van der Waals surface area (Å²) in [4.78, 5) is 12.1. The molecule has 0 aliphatic carbocycles. The lowest BCUT2D eigenvalue weighted by Crippen LogP contribution is -2.44. The highest BCUT2D eigenvalue weighted by Crippen LogP contribution is 2.41. The van der Waals surface area contributed by atoms with Crippen molar-refractivity contribution < 1.29 is 4.74 Å². The summed E-state index contributed by atoms with van der Waals surface area (Å²) in [5.41, 5.74) is 1.22. The van der Waals surface area contributed by atoms with Crippen LogP contribution in [0.1, 0.15) is 25.5 Å². The molecular weight excluding hydrogens is 282 g/mol. The van der Waals surface area contributed by atoms with Gasteiger partial charge >= 0.3 is 0 Å². The fourth-order valence-corrected chi connectivity index (χ4v) is 4.00. The molecule has 0 radical (unpaired) electrons. The number of aromatic nitrogens is 1. The summed E-state index contributed by atoms with van der Waals surface area (Å²) in [6, 6.07) is 3.60. The predicted octanol–water partition coefficient (Wildman–Crippen LogP) is 2.89. The van der Waals surface area contributed by atoms with Crippen molar-refractivity contribution in [2.24, 2.45) is 0 Å². The van der Waals surface area contributed by atoms with E-state index in [1.54, 1.807) is 22.4 Å². The van der Waals surface area contributed by atoms with E-state index in [1.807, 2.05) is 18.3 Å². The first-order valence-electron chi connectivity index (χ1n) is 6.34. The largest absolute Gasteiger partial charge is 0.379 e. The van der Waals surface area contributed by atoms with Crippen LogP contribution in [0.2, 0.25) is 0 Å². The molecule has 0 amide bonds. The van der Waals surface area contributed by atoms with Crippen LogP contribution in [0.15, 0.2) is 33.6 Å². The molecule has 2 atom stereocenters. The summed E-state index contributed by atoms with van der Waals surface area (Å²) in [6.07, 6.45) is 3.93. The van der Waals surface area contributed by atoms with Crippen LogP contribution in [0, 0.1) is 0 Å². The molecule has 2 aliphatic rings. The van der Waals surface area contributed by atoms with E-state index in [4.69, 9.17) is 16.3 Å². The summed E-state index contributed by atoms with van der Waals surface area (Å²) in [5, 5.41) is 0.283. The normalized spacial score (nSPS) is 28.9. The van der Waals surface area contributed by atoms with E-state index in [0.29, 0.717) is 0 Å². The zero-order valence-corrected chi connectivity index (χ0v) is 12.5. The van der Waals surface area contributed by atoms with E-state index in [2.05, 4.69) is 13.8 Å². The topological polar surface area (TPSA) is 31.2 Å². The Morgan fingerprint density at radius 1 is 1.47 bits per heavy atom. The average Bonchev–Trinajstić information content (AvgIpc) is 2.66. The van der Waals surface area contributed by atoms with Crippen LogP contribution in [0.5, 0.6) is 0 Å². The Kier molecular flexibility index (Phi) is 3.28. The standard InChI is InChI=1S/C14H16ClNO2S/c1-9-11(5-12(15)19-9)16-6-10(3-4-13(16)17)14(2)7-18-8-14/h3-6,9,11H,7-8H2,1-2H3. The second kappa shape index (κ2) is 4.69. The maximum atomic E-state index is 12.1. The minimum absolute atomic E-state index is 0.0210. The van der Waals surface area contributed by atoms with Gasteiger partial charge in [0.2, 0.25) is 0 Å². The molecule has 102 valence electrons. The Morgan fingerprint density at radius 2 is 2.21 bits per heavy atom. The number of rotatable bonds is 2. The first-order valence-corrected chi connectivity index (χ1v) is 7.60. The smallest absolute Gasteiger partial charge is 0.251 e. The summed E-state index contributed by atoms with van der Waals surface area (Å²) in [6.45, 7) is 5.69. The highest BCUT2D eigenvalue weighted by molar-refractivity contribution is 8.05. The van der Waals surface area contributed by atoms with Gasteiger partial charge in [-0.2, -0.15) is 0 Å². The number of allylic oxidation sites excluding steroid dienone is 1. The van der Waals surface area contributed by atoms with Crippen molar-refractivity contribution in [2.75, 3.05) is 13.2 Å². The fourth-order valence-electron chi connectivity index (χ4n) is 2.53. The zero-order valence-electron chi connectivity index (χ0n) is 10.9. The van der Waals surface area contributed by atoms with Gasteiger partial charge in [-0.15, -0.1) is 11.8 Å². The minimum Gasteiger partial charge on any atom is -0.379 e. The third-order valence-electron chi connectivity index (χ3n) is 3.88. The van der Waals surface area contributed by atoms with Crippen LogP contribution in [-0.2, 0) is 10.2 Å². The van der Waals surface area contributed by atoms with E-state index in [0.717, 1.165) is 23.1 Å². The molecule has 0 aromatic carbocycles. The number of pyridine rings is 1. The third kappa shape index (κ3) is 2.26. The number of hydrogen-bond acceptors (Lipinski definition) is 3. The van der Waals surface area contributed by atoms with Crippen LogP contribution >= 0.6 is 23.4 Å². The molecule has 5 heteroatoms. The van der Waals surface area contributed by atoms with Crippen LogP contribution in [0.25, 0.3) is 0 Å². The number of nitrogens with zero attached hydrogens (tertiary/aromatic N) is 1. The second-order valence-corrected chi connectivity index (χ2v) is 7.55. The monoisotopic (exact) mass is 297 g/mol. The van der Waals surface area contributed by atoms with Crippen molar-refractivity contribution in [1.29, 1.82) is 0 Å². The molecule has 3 heterocycles. The Hall–Kier alpha value is -0.710. The second-order valence-electron chi connectivity index (χ2n) is 5.50. The van der Waals surface area contributed by atoms with Crippen LogP contribution in [0.4, 0.5) is 0 Å². The van der Waals surface area contributed by atoms with Gasteiger partial charge < -0.3 is 9.30 Å². The quantitative estimate of drug-likeness (QED) is 0.841. The van der Waals surface area contributed by atoms with Crippen molar-refractivity contribution in [1.82, 2.24) is 4.57 Å². The summed E-state index contributed by atoms with van der Waals surface area (Å²) < 4.78 is 7.87. The van der Waals surface area contributed by atoms with Crippen molar-refractivity contribution in [2.45, 2.75) is 30.6 Å². The van der Waals surface area contributed by atoms with Gasteiger partial charge in [0.15, 0.2) is 0 Å². The first-order chi connectivity index (χ1) is 8.99. The summed E-state index contributed by atoms with van der Waals surface area (Å²) in [5.74, 6) is 0. The molecule has 1 aromatic heterocycles. The number of ether oxygens (including phenoxy) is 1. The Labute approximate surface area is 121 Å². The average molecular weight is 298 g/mol. The van der Waals surface area contributed by atoms with Gasteiger partial charge in [-0.3, -0.25) is 4.79 Å². The first kappa shape index (κ1) is 13.3. The molecule has 0 saturated carbocycles. The maximum Gasteiger partial charge on any atom is 0.251 e. The van der Waals surface area contributed by atoms with E-state index >= 15 is 0 Å². The molecule has 0 bridgehead atoms. The molecule has 1 aromatic rings. The van der Waals surface area contributed by atoms with Crippen LogP contribution < -0.4 is 5.56 Å². The molecule has 2 unspecified atom stereocenters. The van der Waals surface area contributed by atoms with Gasteiger partial charge in [0.1, 0.15) is 0 Å². The number of thioether (sulfide) groups is 1. The fraction of sp³-hybridized carbons (Fsp3) is 0.500. The number of hydrogen-bond donors (Lipinski definition) is 0. The van der Waals surface area contributed by atoms with Crippen molar-refractivity contribution in [3.05, 3.63) is 44.7 Å². The van der Waals surface area contributed by atoms with Crippen LogP contribution in [0.3, 0.4) is 0 Å². The van der Waals surface area contributed by atoms with Gasteiger partial charge in [-0.25, -0.2) is 0 Å². The molecule has 1 fully saturated rings. The van der Waals surface area contributed by atoms with Crippen molar-refractivity contribution in [3.63, 3.8) is 0 Å². The lowest BCUT2D eigenvalue weighted by Gasteiger charge is -2.38. The Bertz CT molecular complexity index is 591. The Morgan fingerprint density at radius 3 is 2.74 bits per heavy atom. The maximum absolute atomic E-state index is 12.1. The highest BCUT2D eigenvalue weighted by Gasteiger charge is 2.36. The third-order valence-corrected chi connectivity index (χ3v) is 5.28. The lowest BCUT2D eigenvalue weighted by molar-refractivity contribution is -0.0503. The summed E-state index contributed by atoms with van der Waals surface area (Å²) >= 11 is 7.67. The molecule has 3 rings (SSSR count). The number of halogens is 1. The van der Waals surface area contributed by atoms with Crippen molar-refractivity contribution in [3.8, 4) is 0 Å². The van der Waals surface area contributed by atoms with Gasteiger partial charge in [0.25, 0.3) is 5.56 Å². The van der Waals surface area contributed by atoms with Gasteiger partial charge in [-0.05, 0) is 11.6 Å². The molecule has 1 saturated heterocycles. The van der Waals surface area contributed by atoms with Crippen molar-refractivity contribution >= 4 is 23.4 Å². The van der Waals surface area contributed by atoms with E-state index in [-0.39, 0.29) is 22.3 Å². The predicted molar refractivity (Wildman–Crippen MR) is 78.9 cm³/mol. The molecule has 0 spiro atoms. The van der Waals surface area contributed by atoms with Gasteiger partial charge in [0, 0.05) is 22.9 Å². The molecule has 2 aliphatic heterocycles. The lowest BCUT2D eigenvalue weighted by atomic mass is 9.82. The molecular formula is C14H16ClNO2S. The zero-order chi connectivity index (χ0) is 13.6. The van der Waals surface area contributed by atoms with Gasteiger partial charge in [-0.1, -0.05) is 31.5 Å². The Balaban J connectivity index is 2.01. The van der Waals surface area contributed by atoms with Crippen LogP contribution in [-0.4, -0.2) is 23.0 Å². The SMILES string of the molecule is CC1SC(Cl)=CC1n1cc(C2(C)COC2)ccc1=O. The molecule has 0 N–H and O–H groups in total. The summed E-state index contributed by atoms with van der Waals surface area (Å²) in [7, 11) is 0. The highest BCUT2D eigenvalue weighted by atomic mass is 35.5. The van der Waals surface area contributed by atoms with E-state index in [1.165, 1.54) is 0 Å². The van der Waals surface area contributed by atoms with E-state index < -0.39 is 0 Å². The van der Waals surface area contributed by atoms with E-state index in [9.17, 15) is 4.79 Å². The van der Waals surface area contributed by atoms with Gasteiger partial charge in [0.05, 0.1) is 23.6 Å².